The van der Waals surface area contributed by atoms with Crippen molar-refractivity contribution in [3.63, 3.8) is 0 Å². The molecule has 0 aliphatic rings. The van der Waals surface area contributed by atoms with Crippen molar-refractivity contribution in [2.75, 3.05) is 0 Å². The first-order chi connectivity index (χ1) is 24.7. The van der Waals surface area contributed by atoms with Gasteiger partial charge in [-0.3, -0.25) is 9.98 Å². The van der Waals surface area contributed by atoms with E-state index < -0.39 is 0 Å². The summed E-state index contributed by atoms with van der Waals surface area (Å²) in [5.74, 6) is 0. The van der Waals surface area contributed by atoms with Gasteiger partial charge in [0.25, 0.3) is 0 Å². The van der Waals surface area contributed by atoms with Crippen LogP contribution in [0.25, 0.3) is 54.6 Å². The van der Waals surface area contributed by atoms with E-state index in [4.69, 9.17) is 4.99 Å². The van der Waals surface area contributed by atoms with E-state index in [9.17, 15) is 0 Å². The molecule has 0 aliphatic carbocycles. The van der Waals surface area contributed by atoms with E-state index in [-0.39, 0.29) is 0 Å². The fourth-order valence-electron chi connectivity index (χ4n) is 6.59. The fraction of sp³-hybridized carbons (Fsp3) is 0.0213. The molecule has 2 nitrogen and oxygen atoms in total. The molecule has 1 aromatic heterocycles. The molecule has 238 valence electrons. The van der Waals surface area contributed by atoms with Gasteiger partial charge in [-0.2, -0.15) is 0 Å². The normalized spacial score (nSPS) is 11.5. The molecule has 0 spiro atoms. The van der Waals surface area contributed by atoms with Crippen LogP contribution in [-0.4, -0.2) is 12.4 Å². The second-order valence-corrected chi connectivity index (χ2v) is 13.3. The second kappa shape index (κ2) is 14.1. The molecule has 0 radical (unpaired) electrons. The van der Waals surface area contributed by atoms with Gasteiger partial charge in [0.2, 0.25) is 0 Å². The Hall–Kier alpha value is -6.16. The number of aliphatic imine (C=N–C) groups is 2. The number of nitrogens with zero attached hydrogens (tertiary/aromatic N) is 2. The molecule has 0 amide bonds. The molecule has 0 fully saturated rings. The van der Waals surface area contributed by atoms with Crippen LogP contribution in [-0.2, 0) is 6.54 Å². The number of benzene rings is 7. The summed E-state index contributed by atoms with van der Waals surface area (Å²) in [6.07, 6.45) is 0. The maximum absolute atomic E-state index is 5.40. The zero-order valence-electron chi connectivity index (χ0n) is 27.5. The van der Waals surface area contributed by atoms with Crippen LogP contribution in [0.5, 0.6) is 0 Å². The van der Waals surface area contributed by atoms with Gasteiger partial charge in [0, 0.05) is 21.2 Å². The van der Waals surface area contributed by atoms with Gasteiger partial charge in [0.1, 0.15) is 5.00 Å². The highest BCUT2D eigenvalue weighted by molar-refractivity contribution is 7.23. The Morgan fingerprint density at radius 3 is 1.48 bits per heavy atom. The third kappa shape index (κ3) is 6.47. The predicted molar refractivity (Wildman–Crippen MR) is 215 cm³/mol. The minimum absolute atomic E-state index is 0.503. The Labute approximate surface area is 297 Å². The molecule has 0 unspecified atom stereocenters. The average molecular weight is 659 g/mol. The van der Waals surface area contributed by atoms with Crippen LogP contribution in [0.2, 0.25) is 0 Å². The second-order valence-electron chi connectivity index (χ2n) is 12.3. The first-order valence-electron chi connectivity index (χ1n) is 16.8. The third-order valence-electron chi connectivity index (χ3n) is 9.02. The Bertz CT molecular complexity index is 2360. The van der Waals surface area contributed by atoms with Gasteiger partial charge in [-0.15, -0.1) is 11.3 Å². The zero-order valence-corrected chi connectivity index (χ0v) is 28.4. The van der Waals surface area contributed by atoms with Gasteiger partial charge in [0.15, 0.2) is 0 Å². The number of hydrogen-bond acceptors (Lipinski definition) is 3. The molecule has 0 atom stereocenters. The molecule has 0 aliphatic heterocycles. The van der Waals surface area contributed by atoms with Crippen LogP contribution in [0.3, 0.4) is 0 Å². The summed E-state index contributed by atoms with van der Waals surface area (Å²) >= 11 is 1.66. The van der Waals surface area contributed by atoms with Crippen LogP contribution in [0.4, 0.5) is 5.00 Å². The zero-order chi connectivity index (χ0) is 33.7. The molecule has 0 saturated heterocycles. The van der Waals surface area contributed by atoms with Gasteiger partial charge in [-0.25, -0.2) is 0 Å². The topological polar surface area (TPSA) is 24.7 Å². The summed E-state index contributed by atoms with van der Waals surface area (Å²) in [5.41, 5.74) is 13.6. The van der Waals surface area contributed by atoms with Crippen LogP contribution in [0.1, 0.15) is 16.7 Å². The van der Waals surface area contributed by atoms with Gasteiger partial charge >= 0.3 is 0 Å². The lowest BCUT2D eigenvalue weighted by Gasteiger charge is -2.13. The first kappa shape index (κ1) is 31.1. The van der Waals surface area contributed by atoms with Crippen molar-refractivity contribution < 1.29 is 0 Å². The van der Waals surface area contributed by atoms with Crippen molar-refractivity contribution in [3.8, 4) is 44.5 Å². The maximum atomic E-state index is 5.40. The Morgan fingerprint density at radius 1 is 0.460 bits per heavy atom. The van der Waals surface area contributed by atoms with E-state index >= 15 is 0 Å². The smallest absolute Gasteiger partial charge is 0.125 e. The molecule has 50 heavy (non-hydrogen) atoms. The predicted octanol–water partition coefficient (Wildman–Crippen LogP) is 12.9. The standard InChI is InChI=1S/C47H34N2S/c1-48-47-45(43-25-11-12-26-44(43)50-47)46(36-19-9-4-10-20-36)49-32-33-27-41(39-23-13-21-37(29-39)34-15-5-2-6-16-34)31-42(28-33)40-24-14-22-38(30-40)35-17-7-3-8-18-35/h2-31H,1,32H2. The molecular formula is C47H34N2S. The summed E-state index contributed by atoms with van der Waals surface area (Å²) < 4.78 is 1.18. The monoisotopic (exact) mass is 658 g/mol. The molecule has 8 aromatic rings. The quantitative estimate of drug-likeness (QED) is 0.138. The number of rotatable bonds is 9. The molecule has 0 saturated carbocycles. The molecular weight excluding hydrogens is 625 g/mol. The van der Waals surface area contributed by atoms with Gasteiger partial charge < -0.3 is 0 Å². The minimum Gasteiger partial charge on any atom is -0.279 e. The fourth-order valence-corrected chi connectivity index (χ4v) is 7.60. The van der Waals surface area contributed by atoms with E-state index in [1.165, 1.54) is 38.1 Å². The summed E-state index contributed by atoms with van der Waals surface area (Å²) in [5, 5.41) is 2.03. The van der Waals surface area contributed by atoms with Gasteiger partial charge in [-0.05, 0) is 93.2 Å². The van der Waals surface area contributed by atoms with Crippen molar-refractivity contribution in [2.24, 2.45) is 9.98 Å². The van der Waals surface area contributed by atoms with E-state index in [0.717, 1.165) is 43.9 Å². The molecule has 1 heterocycles. The Kier molecular flexibility index (Phi) is 8.80. The van der Waals surface area contributed by atoms with Crippen LogP contribution < -0.4 is 0 Å². The molecule has 0 N–H and O–H groups in total. The first-order valence-corrected chi connectivity index (χ1v) is 17.6. The van der Waals surface area contributed by atoms with Crippen molar-refractivity contribution in [1.29, 1.82) is 0 Å². The van der Waals surface area contributed by atoms with Crippen molar-refractivity contribution >= 4 is 38.9 Å². The van der Waals surface area contributed by atoms with E-state index in [2.05, 4.69) is 188 Å². The van der Waals surface area contributed by atoms with Crippen molar-refractivity contribution in [2.45, 2.75) is 6.54 Å². The van der Waals surface area contributed by atoms with E-state index in [0.29, 0.717) is 6.54 Å². The lowest BCUT2D eigenvalue weighted by Crippen LogP contribution is -2.04. The van der Waals surface area contributed by atoms with Crippen LogP contribution >= 0.6 is 11.3 Å². The number of fused-ring (bicyclic) bond motifs is 1. The lowest BCUT2D eigenvalue weighted by atomic mass is 9.93. The summed E-state index contributed by atoms with van der Waals surface area (Å²) in [6, 6.07) is 64.6. The Balaban J connectivity index is 1.28. The highest BCUT2D eigenvalue weighted by atomic mass is 32.1. The number of hydrogen-bond donors (Lipinski definition) is 0. The summed E-state index contributed by atoms with van der Waals surface area (Å²) in [4.78, 5) is 9.87. The maximum Gasteiger partial charge on any atom is 0.125 e. The highest BCUT2D eigenvalue weighted by Gasteiger charge is 2.18. The molecule has 8 rings (SSSR count). The van der Waals surface area contributed by atoms with Crippen molar-refractivity contribution in [3.05, 3.63) is 199 Å². The van der Waals surface area contributed by atoms with Crippen LogP contribution in [0, 0.1) is 0 Å². The van der Waals surface area contributed by atoms with E-state index in [1.807, 2.05) is 6.07 Å². The molecule has 0 bridgehead atoms. The SMILES string of the molecule is C=Nc1sc2ccccc2c1C(=NCc1cc(-c2cccc(-c3ccccc3)c2)cc(-c2cccc(-c3ccccc3)c2)c1)c1ccccc1. The third-order valence-corrected chi connectivity index (χ3v) is 10.1. The average Bonchev–Trinajstić information content (AvgIpc) is 3.57. The highest BCUT2D eigenvalue weighted by Crippen LogP contribution is 2.39. The largest absolute Gasteiger partial charge is 0.279 e. The molecule has 3 heteroatoms. The lowest BCUT2D eigenvalue weighted by molar-refractivity contribution is 1.07. The Morgan fingerprint density at radius 2 is 0.920 bits per heavy atom. The molecule has 7 aromatic carbocycles. The van der Waals surface area contributed by atoms with E-state index in [1.54, 1.807) is 11.3 Å². The van der Waals surface area contributed by atoms with Crippen LogP contribution in [0.15, 0.2) is 192 Å². The summed E-state index contributed by atoms with van der Waals surface area (Å²) in [7, 11) is 0. The summed E-state index contributed by atoms with van der Waals surface area (Å²) in [6.45, 7) is 4.44. The van der Waals surface area contributed by atoms with Gasteiger partial charge in [-0.1, -0.05) is 146 Å². The number of thiophene rings is 1. The van der Waals surface area contributed by atoms with Crippen molar-refractivity contribution in [1.82, 2.24) is 0 Å². The van der Waals surface area contributed by atoms with Gasteiger partial charge in [0.05, 0.1) is 12.3 Å². The minimum atomic E-state index is 0.503.